The maximum Gasteiger partial charge on any atom is 0.0172 e. The second kappa shape index (κ2) is 5.23. The Bertz CT molecular complexity index is 342. The average Bonchev–Trinajstić information content (AvgIpc) is 2.52. The minimum atomic E-state index is 0.230. The van der Waals surface area contributed by atoms with Gasteiger partial charge in [-0.2, -0.15) is 0 Å². The van der Waals surface area contributed by atoms with Gasteiger partial charge in [0, 0.05) is 5.41 Å². The van der Waals surface area contributed by atoms with Crippen LogP contribution >= 0.6 is 0 Å². The van der Waals surface area contributed by atoms with Crippen molar-refractivity contribution in [1.29, 1.82) is 0 Å². The van der Waals surface area contributed by atoms with E-state index in [0.717, 1.165) is 6.42 Å². The van der Waals surface area contributed by atoms with E-state index in [1.54, 1.807) is 11.1 Å². The van der Waals surface area contributed by atoms with Crippen molar-refractivity contribution in [2.75, 3.05) is 0 Å². The van der Waals surface area contributed by atoms with Crippen LogP contribution in [0.3, 0.4) is 0 Å². The van der Waals surface area contributed by atoms with Crippen LogP contribution in [0.25, 0.3) is 0 Å². The Morgan fingerprint density at radius 2 is 1.28 bits per heavy atom. The molecule has 0 amide bonds. The van der Waals surface area contributed by atoms with Crippen molar-refractivity contribution < 1.29 is 0 Å². The van der Waals surface area contributed by atoms with Crippen LogP contribution in [0.1, 0.15) is 61.8 Å². The van der Waals surface area contributed by atoms with E-state index in [4.69, 9.17) is 0 Å². The molecule has 0 nitrogen and oxygen atoms in total. The van der Waals surface area contributed by atoms with Crippen LogP contribution in [-0.4, -0.2) is 0 Å². The molecule has 0 atom stereocenters. The number of hydrogen-bond donors (Lipinski definition) is 0. The molecule has 1 aliphatic carbocycles. The van der Waals surface area contributed by atoms with E-state index < -0.39 is 0 Å². The van der Waals surface area contributed by atoms with Gasteiger partial charge in [0.05, 0.1) is 0 Å². The van der Waals surface area contributed by atoms with Gasteiger partial charge in [0.15, 0.2) is 0 Å². The molecule has 104 valence electrons. The molecule has 0 fully saturated rings. The second-order valence-electron chi connectivity index (χ2n) is 7.21. The van der Waals surface area contributed by atoms with E-state index in [9.17, 15) is 0 Å². The number of allylic oxidation sites excluding steroid dienone is 3. The Balaban J connectivity index is 3.52. The smallest absolute Gasteiger partial charge is 0.0172 e. The lowest BCUT2D eigenvalue weighted by Gasteiger charge is -2.44. The third-order valence-electron chi connectivity index (χ3n) is 4.88. The summed E-state index contributed by atoms with van der Waals surface area (Å²) in [4.78, 5) is 0. The van der Waals surface area contributed by atoms with Gasteiger partial charge in [-0.1, -0.05) is 78.7 Å². The number of rotatable bonds is 4. The van der Waals surface area contributed by atoms with Gasteiger partial charge in [-0.25, -0.2) is 0 Å². The van der Waals surface area contributed by atoms with Crippen LogP contribution in [0.2, 0.25) is 0 Å². The van der Waals surface area contributed by atoms with Crippen molar-refractivity contribution in [3.63, 3.8) is 0 Å². The molecule has 0 aliphatic heterocycles. The summed E-state index contributed by atoms with van der Waals surface area (Å²) in [7, 11) is 0. The van der Waals surface area contributed by atoms with Crippen molar-refractivity contribution in [3.8, 4) is 0 Å². The van der Waals surface area contributed by atoms with Crippen molar-refractivity contribution in [3.05, 3.63) is 23.3 Å². The Hall–Kier alpha value is -0.520. The highest BCUT2D eigenvalue weighted by Gasteiger charge is 2.48. The highest BCUT2D eigenvalue weighted by molar-refractivity contribution is 5.45. The van der Waals surface area contributed by atoms with E-state index in [2.05, 4.69) is 62.0 Å². The van der Waals surface area contributed by atoms with Crippen LogP contribution in [0.5, 0.6) is 0 Å². The van der Waals surface area contributed by atoms with Gasteiger partial charge in [-0.15, -0.1) is 0 Å². The topological polar surface area (TPSA) is 0 Å². The molecule has 0 radical (unpaired) electrons. The quantitative estimate of drug-likeness (QED) is 0.547. The molecule has 0 heteroatoms. The Kier molecular flexibility index (Phi) is 4.51. The highest BCUT2D eigenvalue weighted by atomic mass is 14.5. The van der Waals surface area contributed by atoms with Crippen LogP contribution in [-0.2, 0) is 0 Å². The van der Waals surface area contributed by atoms with Gasteiger partial charge in [-0.3, -0.25) is 0 Å². The second-order valence-corrected chi connectivity index (χ2v) is 7.21. The predicted molar refractivity (Wildman–Crippen MR) is 82.6 cm³/mol. The molecule has 1 aliphatic rings. The van der Waals surface area contributed by atoms with Crippen LogP contribution in [0, 0.1) is 29.1 Å². The first-order valence-electron chi connectivity index (χ1n) is 7.58. The average molecular weight is 248 g/mol. The SMILES string of the molecule is C=C1CC(C(C)C)=C(C(C)C)C1(C(C)C)C(C)C. The summed E-state index contributed by atoms with van der Waals surface area (Å²) in [6.45, 7) is 23.3. The molecule has 0 aromatic carbocycles. The van der Waals surface area contributed by atoms with Gasteiger partial charge < -0.3 is 0 Å². The molecule has 0 aromatic rings. The fourth-order valence-electron chi connectivity index (χ4n) is 4.40. The standard InChI is InChI=1S/C18H32/c1-11(2)16-10-15(9)18(13(5)6,14(7)8)17(16)12(3)4/h11-14H,9-10H2,1-8H3. The zero-order valence-electron chi connectivity index (χ0n) is 13.7. The molecule has 0 saturated carbocycles. The lowest BCUT2D eigenvalue weighted by molar-refractivity contribution is 0.204. The van der Waals surface area contributed by atoms with E-state index >= 15 is 0 Å². The van der Waals surface area contributed by atoms with E-state index in [1.165, 1.54) is 5.57 Å². The first kappa shape index (κ1) is 15.5. The summed E-state index contributed by atoms with van der Waals surface area (Å²) in [5, 5.41) is 0. The van der Waals surface area contributed by atoms with E-state index in [-0.39, 0.29) is 5.41 Å². The monoisotopic (exact) mass is 248 g/mol. The highest BCUT2D eigenvalue weighted by Crippen LogP contribution is 2.59. The van der Waals surface area contributed by atoms with Gasteiger partial charge in [0.2, 0.25) is 0 Å². The maximum atomic E-state index is 4.47. The normalized spacial score (nSPS) is 20.1. The van der Waals surface area contributed by atoms with Crippen LogP contribution in [0.4, 0.5) is 0 Å². The van der Waals surface area contributed by atoms with Gasteiger partial charge in [-0.05, 0) is 30.1 Å². The third kappa shape index (κ3) is 2.08. The molecule has 0 saturated heterocycles. The first-order chi connectivity index (χ1) is 8.17. The molecular formula is C18H32. The minimum Gasteiger partial charge on any atom is -0.0986 e. The molecule has 0 spiro atoms. The predicted octanol–water partition coefficient (Wildman–Crippen LogP) is 5.85. The third-order valence-corrected chi connectivity index (χ3v) is 4.88. The number of hydrogen-bond acceptors (Lipinski definition) is 0. The fraction of sp³-hybridized carbons (Fsp3) is 0.778. The first-order valence-corrected chi connectivity index (χ1v) is 7.58. The maximum absolute atomic E-state index is 4.47. The molecule has 0 unspecified atom stereocenters. The summed E-state index contributed by atoms with van der Waals surface area (Å²) < 4.78 is 0. The van der Waals surface area contributed by atoms with E-state index in [0.29, 0.717) is 23.7 Å². The molecule has 18 heavy (non-hydrogen) atoms. The summed E-state index contributed by atoms with van der Waals surface area (Å²) in [6.07, 6.45) is 1.13. The van der Waals surface area contributed by atoms with Crippen LogP contribution < -0.4 is 0 Å². The van der Waals surface area contributed by atoms with Crippen molar-refractivity contribution >= 4 is 0 Å². The van der Waals surface area contributed by atoms with Gasteiger partial charge >= 0.3 is 0 Å². The van der Waals surface area contributed by atoms with Crippen LogP contribution in [0.15, 0.2) is 23.3 Å². The Morgan fingerprint density at radius 3 is 1.56 bits per heavy atom. The molecule has 0 N–H and O–H groups in total. The summed E-state index contributed by atoms with van der Waals surface area (Å²) in [5.41, 5.74) is 5.05. The van der Waals surface area contributed by atoms with Crippen molar-refractivity contribution in [2.45, 2.75) is 61.8 Å². The zero-order valence-corrected chi connectivity index (χ0v) is 13.7. The lowest BCUT2D eigenvalue weighted by Crippen LogP contribution is -2.36. The van der Waals surface area contributed by atoms with Gasteiger partial charge in [0.1, 0.15) is 0 Å². The largest absolute Gasteiger partial charge is 0.0986 e. The summed E-state index contributed by atoms with van der Waals surface area (Å²) >= 11 is 0. The molecule has 0 aromatic heterocycles. The fourth-order valence-corrected chi connectivity index (χ4v) is 4.40. The van der Waals surface area contributed by atoms with E-state index in [1.807, 2.05) is 0 Å². The molecule has 1 rings (SSSR count). The van der Waals surface area contributed by atoms with Crippen molar-refractivity contribution in [1.82, 2.24) is 0 Å². The summed E-state index contributed by atoms with van der Waals surface area (Å²) in [6, 6.07) is 0. The van der Waals surface area contributed by atoms with Crippen molar-refractivity contribution in [2.24, 2.45) is 29.1 Å². The molecule has 0 bridgehead atoms. The zero-order chi connectivity index (χ0) is 14.2. The van der Waals surface area contributed by atoms with Gasteiger partial charge in [0.25, 0.3) is 0 Å². The Morgan fingerprint density at radius 1 is 0.833 bits per heavy atom. The minimum absolute atomic E-state index is 0.230. The molecule has 0 heterocycles. The Labute approximate surface area is 115 Å². The summed E-state index contributed by atoms with van der Waals surface area (Å²) in [5.74, 6) is 2.56. The lowest BCUT2D eigenvalue weighted by atomic mass is 9.60. The molecular weight excluding hydrogens is 216 g/mol.